The van der Waals surface area contributed by atoms with Gasteiger partial charge in [-0.2, -0.15) is 0 Å². The normalized spacial score (nSPS) is 55.5. The predicted molar refractivity (Wildman–Crippen MR) is 174 cm³/mol. The summed E-state index contributed by atoms with van der Waals surface area (Å²) in [5.74, 6) is -2.90. The summed E-state index contributed by atoms with van der Waals surface area (Å²) in [6.45, 7) is 11.8. The van der Waals surface area contributed by atoms with Gasteiger partial charge < -0.3 is 50.0 Å². The van der Waals surface area contributed by atoms with Crippen molar-refractivity contribution in [1.29, 1.82) is 0 Å². The molecule has 5 fully saturated rings. The number of aliphatic hydroxyl groups is 6. The average Bonchev–Trinajstić information content (AvgIpc) is 3.03. The summed E-state index contributed by atoms with van der Waals surface area (Å²) in [4.78, 5) is 27.3. The molecule has 0 aromatic heterocycles. The molecule has 0 aromatic carbocycles. The van der Waals surface area contributed by atoms with E-state index in [0.717, 1.165) is 5.57 Å². The number of carbonyl (C=O) groups is 2. The predicted octanol–water partition coefficient (Wildman–Crippen LogP) is 2.15. The quantitative estimate of drug-likeness (QED) is 0.164. The molecular formula is C37H58O12. The number of carbonyl (C=O) groups excluding carboxylic acids is 1. The summed E-state index contributed by atoms with van der Waals surface area (Å²) >= 11 is 0. The van der Waals surface area contributed by atoms with Crippen molar-refractivity contribution in [3.05, 3.63) is 11.6 Å². The van der Waals surface area contributed by atoms with Crippen LogP contribution in [0.25, 0.3) is 0 Å². The van der Waals surface area contributed by atoms with Crippen LogP contribution in [0.15, 0.2) is 11.6 Å². The number of rotatable bonds is 5. The third-order valence-electron chi connectivity index (χ3n) is 15.8. The first-order valence-corrected chi connectivity index (χ1v) is 18.1. The van der Waals surface area contributed by atoms with Gasteiger partial charge in [-0.25, -0.2) is 0 Å². The highest BCUT2D eigenvalue weighted by Gasteiger charge is 2.73. The molecule has 4 saturated carbocycles. The SMILES string of the molecule is COCC1OC(OC(=O)C23CCC(C)C(C)(O)C2C2=CCC4C5(C)CC(O)C(O)C(C)(C(=O)O)C5CCC4(C)C2(C)CC3)C(O)C(O)C1O. The molecule has 278 valence electrons. The number of hydrogen-bond acceptors (Lipinski definition) is 11. The van der Waals surface area contributed by atoms with E-state index in [0.29, 0.717) is 44.9 Å². The maximum Gasteiger partial charge on any atom is 0.315 e. The minimum Gasteiger partial charge on any atom is -0.481 e. The standard InChI is InChI=1S/C37H58O12/c1-18-10-13-37(31(45)49-29-26(41)25(40)24(39)21(48-29)17-47-7)15-14-33(3)19(27(37)36(18,6)46)8-9-22-32(2)16-20(38)28(42)35(5,30(43)44)23(32)11-12-34(22,33)4/h8,18,20-29,38-42,46H,9-17H2,1-7H3,(H,43,44). The van der Waals surface area contributed by atoms with Crippen LogP contribution in [0.3, 0.4) is 0 Å². The minimum atomic E-state index is -1.69. The average molecular weight is 695 g/mol. The molecule has 1 heterocycles. The topological polar surface area (TPSA) is 203 Å². The van der Waals surface area contributed by atoms with Gasteiger partial charge in [0.25, 0.3) is 0 Å². The summed E-state index contributed by atoms with van der Waals surface area (Å²) in [5.41, 5.74) is -4.45. The number of carboxylic acids is 1. The van der Waals surface area contributed by atoms with E-state index in [1.807, 2.05) is 6.92 Å². The third-order valence-corrected chi connectivity index (χ3v) is 15.8. The van der Waals surface area contributed by atoms with Gasteiger partial charge in [-0.1, -0.05) is 39.3 Å². The second-order valence-corrected chi connectivity index (χ2v) is 17.7. The fraction of sp³-hybridized carbons (Fsp3) is 0.892. The molecule has 0 radical (unpaired) electrons. The molecule has 1 aliphatic heterocycles. The zero-order chi connectivity index (χ0) is 36.3. The van der Waals surface area contributed by atoms with Gasteiger partial charge >= 0.3 is 11.9 Å². The van der Waals surface area contributed by atoms with Crippen molar-refractivity contribution in [2.24, 2.45) is 50.7 Å². The first-order valence-electron chi connectivity index (χ1n) is 18.1. The molecule has 7 N–H and O–H groups in total. The number of allylic oxidation sites excluding steroid dienone is 1. The molecule has 0 amide bonds. The first kappa shape index (κ1) is 37.1. The van der Waals surface area contributed by atoms with Crippen molar-refractivity contribution in [3.63, 3.8) is 0 Å². The molecule has 0 aromatic rings. The highest BCUT2D eigenvalue weighted by Crippen LogP contribution is 2.76. The number of esters is 1. The maximum absolute atomic E-state index is 14.6. The number of methoxy groups -OCH3 is 1. The number of ether oxygens (including phenoxy) is 3. The Hall–Kier alpha value is -1.64. The van der Waals surface area contributed by atoms with E-state index < -0.39 is 88.0 Å². The van der Waals surface area contributed by atoms with Gasteiger partial charge in [-0.05, 0) is 99.2 Å². The number of carboxylic acid groups (broad SMARTS) is 1. The lowest BCUT2D eigenvalue weighted by Gasteiger charge is -2.71. The molecule has 17 atom stereocenters. The van der Waals surface area contributed by atoms with Crippen LogP contribution in [0.2, 0.25) is 0 Å². The fourth-order valence-electron chi connectivity index (χ4n) is 12.5. The Morgan fingerprint density at radius 2 is 1.59 bits per heavy atom. The number of aliphatic hydroxyl groups excluding tert-OH is 5. The number of hydrogen-bond donors (Lipinski definition) is 7. The summed E-state index contributed by atoms with van der Waals surface area (Å²) in [7, 11) is 1.41. The van der Waals surface area contributed by atoms with Crippen molar-refractivity contribution < 1.29 is 59.5 Å². The van der Waals surface area contributed by atoms with E-state index in [4.69, 9.17) is 14.2 Å². The Morgan fingerprint density at radius 3 is 2.22 bits per heavy atom. The van der Waals surface area contributed by atoms with Crippen molar-refractivity contribution in [2.75, 3.05) is 13.7 Å². The Balaban J connectivity index is 1.40. The molecule has 1 saturated heterocycles. The lowest BCUT2D eigenvalue weighted by atomic mass is 9.33. The van der Waals surface area contributed by atoms with E-state index in [1.54, 1.807) is 13.8 Å². The van der Waals surface area contributed by atoms with Crippen LogP contribution in [0.5, 0.6) is 0 Å². The smallest absolute Gasteiger partial charge is 0.315 e. The fourth-order valence-corrected chi connectivity index (χ4v) is 12.5. The van der Waals surface area contributed by atoms with Gasteiger partial charge in [0.1, 0.15) is 24.4 Å². The van der Waals surface area contributed by atoms with Crippen LogP contribution in [0, 0.1) is 50.7 Å². The third kappa shape index (κ3) is 4.84. The Labute approximate surface area is 288 Å². The van der Waals surface area contributed by atoms with Crippen molar-refractivity contribution in [1.82, 2.24) is 0 Å². The van der Waals surface area contributed by atoms with Crippen LogP contribution in [-0.4, -0.2) is 110 Å². The van der Waals surface area contributed by atoms with E-state index in [1.165, 1.54) is 7.11 Å². The highest BCUT2D eigenvalue weighted by molar-refractivity contribution is 5.79. The van der Waals surface area contributed by atoms with Gasteiger partial charge in [0.2, 0.25) is 6.29 Å². The van der Waals surface area contributed by atoms with E-state index >= 15 is 0 Å². The molecule has 49 heavy (non-hydrogen) atoms. The largest absolute Gasteiger partial charge is 0.481 e. The van der Waals surface area contributed by atoms with Crippen molar-refractivity contribution in [3.8, 4) is 0 Å². The van der Waals surface area contributed by atoms with E-state index in [2.05, 4.69) is 26.8 Å². The molecule has 17 unspecified atom stereocenters. The zero-order valence-electron chi connectivity index (χ0n) is 30.0. The number of fused-ring (bicyclic) bond motifs is 7. The molecule has 6 aliphatic rings. The highest BCUT2D eigenvalue weighted by atomic mass is 16.7. The van der Waals surface area contributed by atoms with E-state index in [9.17, 15) is 45.3 Å². The molecule has 5 aliphatic carbocycles. The maximum atomic E-state index is 14.6. The lowest BCUT2D eigenvalue weighted by molar-refractivity contribution is -0.300. The van der Waals surface area contributed by atoms with Crippen molar-refractivity contribution >= 4 is 11.9 Å². The van der Waals surface area contributed by atoms with Crippen LogP contribution in [-0.2, 0) is 23.8 Å². The second kappa shape index (κ2) is 11.9. The Kier molecular flexibility index (Phi) is 9.05. The van der Waals surface area contributed by atoms with Gasteiger partial charge in [-0.3, -0.25) is 9.59 Å². The Morgan fingerprint density at radius 1 is 0.918 bits per heavy atom. The van der Waals surface area contributed by atoms with Gasteiger partial charge in [0, 0.05) is 13.0 Å². The van der Waals surface area contributed by atoms with Gasteiger partial charge in [-0.15, -0.1) is 0 Å². The van der Waals surface area contributed by atoms with Crippen molar-refractivity contribution in [2.45, 2.75) is 141 Å². The van der Waals surface area contributed by atoms with Crippen LogP contribution in [0.4, 0.5) is 0 Å². The Bertz CT molecular complexity index is 1370. The zero-order valence-corrected chi connectivity index (χ0v) is 30.0. The molecule has 0 spiro atoms. The van der Waals surface area contributed by atoms with E-state index in [-0.39, 0.29) is 36.2 Å². The van der Waals surface area contributed by atoms with Gasteiger partial charge in [0.15, 0.2) is 0 Å². The monoisotopic (exact) mass is 694 g/mol. The summed E-state index contributed by atoms with van der Waals surface area (Å²) < 4.78 is 16.8. The molecule has 6 rings (SSSR count). The lowest BCUT2D eigenvalue weighted by Crippen LogP contribution is -2.70. The molecule has 12 nitrogen and oxygen atoms in total. The van der Waals surface area contributed by atoms with Crippen LogP contribution < -0.4 is 0 Å². The molecule has 12 heteroatoms. The summed E-state index contributed by atoms with van der Waals surface area (Å²) in [6, 6.07) is 0. The van der Waals surface area contributed by atoms with Crippen LogP contribution >= 0.6 is 0 Å². The summed E-state index contributed by atoms with van der Waals surface area (Å²) in [5, 5.41) is 76.8. The molecule has 0 bridgehead atoms. The minimum absolute atomic E-state index is 0.0323. The summed E-state index contributed by atoms with van der Waals surface area (Å²) in [6.07, 6.45) is -3.67. The van der Waals surface area contributed by atoms with Crippen LogP contribution in [0.1, 0.15) is 92.9 Å². The van der Waals surface area contributed by atoms with Gasteiger partial charge in [0.05, 0.1) is 35.2 Å². The second-order valence-electron chi connectivity index (χ2n) is 17.7. The number of aliphatic carboxylic acids is 1. The first-order chi connectivity index (χ1) is 22.7. The molecular weight excluding hydrogens is 636 g/mol.